The van der Waals surface area contributed by atoms with E-state index in [0.717, 1.165) is 31.2 Å². The summed E-state index contributed by atoms with van der Waals surface area (Å²) in [5.74, 6) is 0.550. The number of esters is 1. The zero-order chi connectivity index (χ0) is 22.6. The Hall–Kier alpha value is -0.456. The second kappa shape index (κ2) is 16.2. The van der Waals surface area contributed by atoms with Crippen molar-refractivity contribution in [3.8, 4) is 5.75 Å². The van der Waals surface area contributed by atoms with Crippen LogP contribution in [-0.2, 0) is 42.2 Å². The summed E-state index contributed by atoms with van der Waals surface area (Å²) in [6, 6.07) is 7.52. The van der Waals surface area contributed by atoms with Gasteiger partial charge in [-0.2, -0.15) is 0 Å². The fraction of sp³-hybridized carbons (Fsp3) is 0.600. The number of unbranched alkanes of at least 4 members (excludes halogenated alkanes) is 1. The molecule has 0 spiro atoms. The number of halogens is 1. The molecule has 2 N–H and O–H groups in total. The molecular formula is C25H36ClO5Y-. The zero-order valence-corrected chi connectivity index (χ0v) is 22.6. The Kier molecular flexibility index (Phi) is 15.0. The molecule has 1 radical (unpaired) electrons. The minimum Gasteiger partial charge on any atom is -0.499 e. The van der Waals surface area contributed by atoms with Gasteiger partial charge in [0.1, 0.15) is 5.75 Å². The van der Waals surface area contributed by atoms with Gasteiger partial charge < -0.3 is 26.6 Å². The summed E-state index contributed by atoms with van der Waals surface area (Å²) in [5, 5.41) is 20.6. The molecule has 0 saturated heterocycles. The quantitative estimate of drug-likeness (QED) is 0.121. The molecule has 1 saturated carbocycles. The van der Waals surface area contributed by atoms with Crippen molar-refractivity contribution < 1.29 is 57.2 Å². The Bertz CT molecular complexity index is 699. The molecule has 1 fully saturated rings. The van der Waals surface area contributed by atoms with Gasteiger partial charge in [-0.25, -0.2) is 0 Å². The van der Waals surface area contributed by atoms with Gasteiger partial charge in [-0.05, 0) is 62.3 Å². The average molecular weight is 541 g/mol. The number of carbonyl (C=O) groups is 1. The van der Waals surface area contributed by atoms with Crippen LogP contribution >= 0.6 is 11.6 Å². The Morgan fingerprint density at radius 2 is 2.12 bits per heavy atom. The minimum atomic E-state index is -0.493. The first-order chi connectivity index (χ1) is 15.0. The molecular weight excluding hydrogens is 505 g/mol. The molecule has 177 valence electrons. The van der Waals surface area contributed by atoms with Crippen LogP contribution in [0.2, 0.25) is 0 Å². The van der Waals surface area contributed by atoms with E-state index in [1.807, 2.05) is 31.2 Å². The molecule has 1 aliphatic rings. The van der Waals surface area contributed by atoms with E-state index in [9.17, 15) is 15.0 Å². The molecule has 7 heteroatoms. The Morgan fingerprint density at radius 1 is 1.34 bits per heavy atom. The number of carbonyl (C=O) groups excluding carboxylic acids is 1. The van der Waals surface area contributed by atoms with Crippen molar-refractivity contribution in [3.05, 3.63) is 48.9 Å². The van der Waals surface area contributed by atoms with Gasteiger partial charge in [0.25, 0.3) is 0 Å². The molecule has 2 rings (SSSR count). The zero-order valence-electron chi connectivity index (χ0n) is 19.0. The molecule has 0 heterocycles. The van der Waals surface area contributed by atoms with E-state index in [4.69, 9.17) is 21.1 Å². The van der Waals surface area contributed by atoms with Crippen LogP contribution in [0.15, 0.2) is 36.4 Å². The number of hydrogen-bond donors (Lipinski definition) is 2. The number of allylic oxidation sites excluding steroid dienone is 2. The summed E-state index contributed by atoms with van der Waals surface area (Å²) in [4.78, 5) is 11.3. The van der Waals surface area contributed by atoms with E-state index in [1.54, 1.807) is 0 Å². The van der Waals surface area contributed by atoms with Gasteiger partial charge in [-0.15, -0.1) is 11.6 Å². The second-order valence-electron chi connectivity index (χ2n) is 8.15. The maximum atomic E-state index is 11.3. The molecule has 0 amide bonds. The van der Waals surface area contributed by atoms with E-state index in [2.05, 4.69) is 19.1 Å². The van der Waals surface area contributed by atoms with Crippen LogP contribution in [0.4, 0.5) is 0 Å². The van der Waals surface area contributed by atoms with Gasteiger partial charge in [0.05, 0.1) is 18.8 Å². The first kappa shape index (κ1) is 29.6. The second-order valence-corrected chi connectivity index (χ2v) is 8.72. The fourth-order valence-corrected chi connectivity index (χ4v) is 4.53. The average Bonchev–Trinajstić information content (AvgIpc) is 3.02. The van der Waals surface area contributed by atoms with Crippen molar-refractivity contribution in [1.29, 1.82) is 0 Å². The van der Waals surface area contributed by atoms with Crippen molar-refractivity contribution in [2.45, 2.75) is 69.5 Å². The summed E-state index contributed by atoms with van der Waals surface area (Å²) in [5.41, 5.74) is 0.847. The third kappa shape index (κ3) is 9.81. The third-order valence-corrected chi connectivity index (χ3v) is 6.31. The summed E-state index contributed by atoms with van der Waals surface area (Å²) >= 11 is 6.52. The first-order valence-corrected chi connectivity index (χ1v) is 11.7. The van der Waals surface area contributed by atoms with Crippen molar-refractivity contribution in [2.75, 3.05) is 13.2 Å². The van der Waals surface area contributed by atoms with Crippen molar-refractivity contribution >= 4 is 17.6 Å². The van der Waals surface area contributed by atoms with Crippen molar-refractivity contribution in [2.24, 2.45) is 11.8 Å². The van der Waals surface area contributed by atoms with Gasteiger partial charge in [0.15, 0.2) is 0 Å². The van der Waals surface area contributed by atoms with Crippen LogP contribution < -0.4 is 4.74 Å². The predicted molar refractivity (Wildman–Crippen MR) is 123 cm³/mol. The molecule has 0 aliphatic heterocycles. The monoisotopic (exact) mass is 540 g/mol. The van der Waals surface area contributed by atoms with Crippen LogP contribution in [0.3, 0.4) is 0 Å². The van der Waals surface area contributed by atoms with Crippen molar-refractivity contribution in [1.82, 2.24) is 0 Å². The van der Waals surface area contributed by atoms with E-state index >= 15 is 0 Å². The van der Waals surface area contributed by atoms with Gasteiger partial charge in [0, 0.05) is 50.4 Å². The standard InChI is InChI=1S/C25H36ClO5.Y/c1-3-10-23(27)18-11-9-12-19(15-18)31-17-21-20(22(26)16-24(21)28)13-7-5-6-8-14-25(29)30-4-2;/h5,7,9,11-12,15,20-24,27-28H,2-4,6,8,10,13-14,16-17H2,1H3;/q-1;/b7-5-;/t20-,21-,22-,23?,24-;/m1./s1. The molecule has 0 aromatic heterocycles. The molecule has 1 aliphatic carbocycles. The number of benzene rings is 1. The van der Waals surface area contributed by atoms with E-state index in [-0.39, 0.29) is 62.5 Å². The van der Waals surface area contributed by atoms with Crippen LogP contribution in [0, 0.1) is 18.8 Å². The van der Waals surface area contributed by atoms with Gasteiger partial charge >= 0.3 is 5.97 Å². The maximum Gasteiger partial charge on any atom is 0.303 e. The van der Waals surface area contributed by atoms with Crippen LogP contribution in [0.5, 0.6) is 5.75 Å². The topological polar surface area (TPSA) is 76.0 Å². The van der Waals surface area contributed by atoms with Crippen LogP contribution in [0.1, 0.15) is 63.5 Å². The summed E-state index contributed by atoms with van der Waals surface area (Å²) in [6.07, 6.45) is 8.02. The number of aliphatic hydroxyl groups excluding tert-OH is 2. The summed E-state index contributed by atoms with van der Waals surface area (Å²) in [6.45, 7) is 6.08. The smallest absolute Gasteiger partial charge is 0.303 e. The maximum absolute atomic E-state index is 11.3. The number of ether oxygens (including phenoxy) is 2. The van der Waals surface area contributed by atoms with Gasteiger partial charge in [0.2, 0.25) is 0 Å². The summed E-state index contributed by atoms with van der Waals surface area (Å²) in [7, 11) is 0. The molecule has 1 aromatic carbocycles. The molecule has 32 heavy (non-hydrogen) atoms. The predicted octanol–water partition coefficient (Wildman–Crippen LogP) is 4.99. The molecule has 1 aromatic rings. The van der Waals surface area contributed by atoms with Crippen LogP contribution in [-0.4, -0.2) is 40.9 Å². The van der Waals surface area contributed by atoms with Crippen LogP contribution in [0.25, 0.3) is 0 Å². The summed E-state index contributed by atoms with van der Waals surface area (Å²) < 4.78 is 10.8. The number of hydrogen-bond acceptors (Lipinski definition) is 5. The molecule has 1 unspecified atom stereocenters. The number of rotatable bonds is 13. The molecule has 0 bridgehead atoms. The Balaban J connectivity index is 0.00000512. The normalized spacial score (nSPS) is 23.7. The SMILES string of the molecule is [CH2-]COC(=O)CCC/C=C\C[C@@H]1[C@@H](COc2cccc(C(O)CCC)c2)[C@H](O)C[C@H]1Cl.[Y]. The van der Waals surface area contributed by atoms with Gasteiger partial charge in [-0.1, -0.05) is 37.6 Å². The fourth-order valence-electron chi connectivity index (χ4n) is 4.06. The Labute approximate surface area is 222 Å². The molecule has 5 nitrogen and oxygen atoms in total. The third-order valence-electron chi connectivity index (χ3n) is 5.81. The number of alkyl halides is 1. The number of aliphatic hydroxyl groups is 2. The first-order valence-electron chi connectivity index (χ1n) is 11.3. The van der Waals surface area contributed by atoms with Gasteiger partial charge in [-0.3, -0.25) is 4.79 Å². The van der Waals surface area contributed by atoms with E-state index in [1.165, 1.54) is 0 Å². The minimum absolute atomic E-state index is 0. The largest absolute Gasteiger partial charge is 0.499 e. The Morgan fingerprint density at radius 3 is 2.84 bits per heavy atom. The van der Waals surface area contributed by atoms with Crippen molar-refractivity contribution in [3.63, 3.8) is 0 Å². The van der Waals surface area contributed by atoms with E-state index in [0.29, 0.717) is 31.6 Å². The van der Waals surface area contributed by atoms with E-state index < -0.39 is 12.2 Å². The molecule has 5 atom stereocenters.